The van der Waals surface area contributed by atoms with Crippen molar-refractivity contribution in [3.63, 3.8) is 0 Å². The smallest absolute Gasteiger partial charge is 0.182 e. The van der Waals surface area contributed by atoms with Crippen molar-refractivity contribution in [2.75, 3.05) is 30.9 Å². The molecule has 0 radical (unpaired) electrons. The number of ether oxygens (including phenoxy) is 1. The molecule has 0 aliphatic carbocycles. The van der Waals surface area contributed by atoms with E-state index in [1.54, 1.807) is 0 Å². The van der Waals surface area contributed by atoms with Crippen LogP contribution < -0.4 is 16.2 Å². The molecule has 5 N–H and O–H groups in total. The number of anilines is 2. The first kappa shape index (κ1) is 12.6. The molecular formula is C9H14N2O4S. The Hall–Kier alpha value is -1.47. The van der Waals surface area contributed by atoms with Crippen molar-refractivity contribution in [1.29, 1.82) is 0 Å². The van der Waals surface area contributed by atoms with Crippen LogP contribution >= 0.6 is 0 Å². The van der Waals surface area contributed by atoms with Crippen molar-refractivity contribution >= 4 is 21.2 Å². The molecule has 0 aromatic heterocycles. The van der Waals surface area contributed by atoms with Crippen LogP contribution in [0.15, 0.2) is 17.0 Å². The van der Waals surface area contributed by atoms with Gasteiger partial charge >= 0.3 is 0 Å². The Labute approximate surface area is 93.7 Å². The molecule has 0 spiro atoms. The zero-order chi connectivity index (χ0) is 12.3. The Morgan fingerprint density at radius 1 is 1.31 bits per heavy atom. The van der Waals surface area contributed by atoms with E-state index in [0.29, 0.717) is 5.75 Å². The highest BCUT2D eigenvalue weighted by atomic mass is 32.2. The maximum absolute atomic E-state index is 11.7. The molecule has 0 bridgehead atoms. The number of nitrogen functional groups attached to an aromatic ring is 2. The molecule has 6 nitrogen and oxygen atoms in total. The molecule has 1 rings (SSSR count). The zero-order valence-electron chi connectivity index (χ0n) is 8.80. The van der Waals surface area contributed by atoms with Crippen molar-refractivity contribution in [1.82, 2.24) is 0 Å². The van der Waals surface area contributed by atoms with Crippen LogP contribution in [0.1, 0.15) is 0 Å². The van der Waals surface area contributed by atoms with Crippen molar-refractivity contribution in [3.8, 4) is 5.75 Å². The number of nitrogens with two attached hydrogens (primary N) is 2. The second kappa shape index (κ2) is 4.58. The zero-order valence-corrected chi connectivity index (χ0v) is 9.62. The van der Waals surface area contributed by atoms with E-state index in [-0.39, 0.29) is 22.0 Å². The van der Waals surface area contributed by atoms with Gasteiger partial charge in [-0.05, 0) is 6.07 Å². The van der Waals surface area contributed by atoms with Gasteiger partial charge < -0.3 is 21.3 Å². The third-order valence-corrected chi connectivity index (χ3v) is 3.80. The van der Waals surface area contributed by atoms with E-state index in [2.05, 4.69) is 0 Å². The molecule has 0 fully saturated rings. The van der Waals surface area contributed by atoms with E-state index in [1.807, 2.05) is 0 Å². The summed E-state index contributed by atoms with van der Waals surface area (Å²) in [5.41, 5.74) is 11.4. The van der Waals surface area contributed by atoms with Gasteiger partial charge in [-0.3, -0.25) is 0 Å². The van der Waals surface area contributed by atoms with Gasteiger partial charge in [-0.15, -0.1) is 0 Å². The van der Waals surface area contributed by atoms with Gasteiger partial charge in [0.1, 0.15) is 5.75 Å². The van der Waals surface area contributed by atoms with Crippen molar-refractivity contribution in [2.24, 2.45) is 0 Å². The van der Waals surface area contributed by atoms with Gasteiger partial charge in [0, 0.05) is 6.07 Å². The molecule has 7 heteroatoms. The quantitative estimate of drug-likeness (QED) is 0.624. The van der Waals surface area contributed by atoms with Crippen LogP contribution in [-0.4, -0.2) is 33.0 Å². The van der Waals surface area contributed by atoms with Crippen LogP contribution in [0, 0.1) is 0 Å². The van der Waals surface area contributed by atoms with Gasteiger partial charge in [0.25, 0.3) is 0 Å². The number of sulfone groups is 1. The summed E-state index contributed by atoms with van der Waals surface area (Å²) in [6.07, 6.45) is 0. The average Bonchev–Trinajstić information content (AvgIpc) is 2.20. The van der Waals surface area contributed by atoms with E-state index >= 15 is 0 Å². The second-order valence-corrected chi connectivity index (χ2v) is 5.25. The van der Waals surface area contributed by atoms with Crippen LogP contribution in [0.4, 0.5) is 11.4 Å². The van der Waals surface area contributed by atoms with Gasteiger partial charge in [0.05, 0.1) is 35.7 Å². The summed E-state index contributed by atoms with van der Waals surface area (Å²) in [4.78, 5) is -0.0835. The Morgan fingerprint density at radius 2 is 1.94 bits per heavy atom. The minimum absolute atomic E-state index is 0.0551. The normalized spacial score (nSPS) is 11.4. The molecule has 16 heavy (non-hydrogen) atoms. The maximum atomic E-state index is 11.7. The molecular weight excluding hydrogens is 232 g/mol. The van der Waals surface area contributed by atoms with E-state index < -0.39 is 16.4 Å². The summed E-state index contributed by atoms with van der Waals surface area (Å²) >= 11 is 0. The molecule has 0 aliphatic rings. The van der Waals surface area contributed by atoms with E-state index in [1.165, 1.54) is 19.2 Å². The van der Waals surface area contributed by atoms with Crippen LogP contribution in [-0.2, 0) is 9.84 Å². The summed E-state index contributed by atoms with van der Waals surface area (Å²) in [5, 5.41) is 8.65. The van der Waals surface area contributed by atoms with Gasteiger partial charge in [0.15, 0.2) is 9.84 Å². The molecule has 1 aromatic rings. The highest BCUT2D eigenvalue weighted by molar-refractivity contribution is 7.91. The summed E-state index contributed by atoms with van der Waals surface area (Å²) in [6.45, 7) is -0.465. The van der Waals surface area contributed by atoms with Gasteiger partial charge in [-0.2, -0.15) is 0 Å². The summed E-state index contributed by atoms with van der Waals surface area (Å²) in [5.74, 6) is -0.0661. The standard InChI is InChI=1S/C9H14N2O4S/c1-15-8-4-7(11)9(5-6(8)10)16(13,14)3-2-12/h4-5,12H,2-3,10-11H2,1H3. The number of aliphatic hydroxyl groups is 1. The third kappa shape index (κ3) is 2.37. The fraction of sp³-hybridized carbons (Fsp3) is 0.333. The first-order valence-corrected chi connectivity index (χ1v) is 6.14. The average molecular weight is 246 g/mol. The molecule has 0 heterocycles. The summed E-state index contributed by atoms with van der Waals surface area (Å²) in [7, 11) is -2.19. The maximum Gasteiger partial charge on any atom is 0.182 e. The Bertz CT molecular complexity index is 485. The topological polar surface area (TPSA) is 116 Å². The van der Waals surface area contributed by atoms with Crippen molar-refractivity contribution in [3.05, 3.63) is 12.1 Å². The lowest BCUT2D eigenvalue weighted by atomic mass is 10.2. The van der Waals surface area contributed by atoms with Crippen LogP contribution in [0.2, 0.25) is 0 Å². The Morgan fingerprint density at radius 3 is 2.44 bits per heavy atom. The third-order valence-electron chi connectivity index (χ3n) is 2.06. The molecule has 0 saturated heterocycles. The lowest BCUT2D eigenvalue weighted by Crippen LogP contribution is -2.13. The minimum Gasteiger partial charge on any atom is -0.495 e. The number of benzene rings is 1. The SMILES string of the molecule is COc1cc(N)c(S(=O)(=O)CCO)cc1N. The lowest BCUT2D eigenvalue weighted by molar-refractivity contribution is 0.319. The first-order chi connectivity index (χ1) is 7.42. The van der Waals surface area contributed by atoms with Gasteiger partial charge in [-0.1, -0.05) is 0 Å². The van der Waals surface area contributed by atoms with Gasteiger partial charge in [0.2, 0.25) is 0 Å². The largest absolute Gasteiger partial charge is 0.495 e. The number of methoxy groups -OCH3 is 1. The van der Waals surface area contributed by atoms with Crippen molar-refractivity contribution < 1.29 is 18.3 Å². The predicted molar refractivity (Wildman–Crippen MR) is 61.0 cm³/mol. The lowest BCUT2D eigenvalue weighted by Gasteiger charge is -2.10. The fourth-order valence-electron chi connectivity index (χ4n) is 1.27. The highest BCUT2D eigenvalue weighted by Gasteiger charge is 2.19. The van der Waals surface area contributed by atoms with E-state index in [9.17, 15) is 8.42 Å². The number of hydrogen-bond acceptors (Lipinski definition) is 6. The molecule has 90 valence electrons. The summed E-state index contributed by atoms with van der Waals surface area (Å²) < 4.78 is 28.2. The van der Waals surface area contributed by atoms with E-state index in [0.717, 1.165) is 0 Å². The Balaban J connectivity index is 3.31. The monoisotopic (exact) mass is 246 g/mol. The van der Waals surface area contributed by atoms with Crippen LogP contribution in [0.25, 0.3) is 0 Å². The predicted octanol–water partition coefficient (Wildman–Crippen LogP) is -0.374. The van der Waals surface area contributed by atoms with Gasteiger partial charge in [-0.25, -0.2) is 8.42 Å². The van der Waals surface area contributed by atoms with Crippen molar-refractivity contribution in [2.45, 2.75) is 4.90 Å². The number of hydrogen-bond donors (Lipinski definition) is 3. The summed E-state index contributed by atoms with van der Waals surface area (Å²) in [6, 6.07) is 2.58. The molecule has 0 atom stereocenters. The molecule has 0 amide bonds. The number of rotatable bonds is 4. The molecule has 0 unspecified atom stereocenters. The van der Waals surface area contributed by atoms with Crippen LogP contribution in [0.5, 0.6) is 5.75 Å². The van der Waals surface area contributed by atoms with Crippen LogP contribution in [0.3, 0.4) is 0 Å². The Kier molecular flexibility index (Phi) is 3.61. The minimum atomic E-state index is -3.60. The fourth-order valence-corrected chi connectivity index (χ4v) is 2.45. The molecule has 0 aliphatic heterocycles. The van der Waals surface area contributed by atoms with E-state index in [4.69, 9.17) is 21.3 Å². The molecule has 1 aromatic carbocycles. The first-order valence-electron chi connectivity index (χ1n) is 4.49. The number of aliphatic hydroxyl groups excluding tert-OH is 1. The highest BCUT2D eigenvalue weighted by Crippen LogP contribution is 2.30. The second-order valence-electron chi connectivity index (χ2n) is 3.17. The molecule has 0 saturated carbocycles.